The molecule has 0 aromatic carbocycles. The van der Waals surface area contributed by atoms with E-state index in [0.29, 0.717) is 0 Å². The second-order valence-electron chi connectivity index (χ2n) is 4.33. The Morgan fingerprint density at radius 1 is 1.32 bits per heavy atom. The maximum atomic E-state index is 8.77. The lowest BCUT2D eigenvalue weighted by Crippen LogP contribution is -2.20. The molecular formula is C13H24N4OS. The highest BCUT2D eigenvalue weighted by Gasteiger charge is 2.07. The van der Waals surface area contributed by atoms with Gasteiger partial charge in [-0.1, -0.05) is 11.8 Å². The molecule has 0 fully saturated rings. The van der Waals surface area contributed by atoms with Crippen molar-refractivity contribution in [2.24, 2.45) is 0 Å². The molecule has 6 heteroatoms. The molecule has 0 unspecified atom stereocenters. The van der Waals surface area contributed by atoms with Gasteiger partial charge in [-0.15, -0.1) is 0 Å². The molecule has 0 aliphatic heterocycles. The van der Waals surface area contributed by atoms with E-state index >= 15 is 0 Å². The Bertz CT molecular complexity index is 376. The highest BCUT2D eigenvalue weighted by Crippen LogP contribution is 2.19. The standard InChI is InChI=1S/C13H24N4OS/c1-4-14-11-10-12(16-13(15-11)19-3)17(2)8-6-5-7-9-18/h10,18H,4-9H2,1-3H3,(H,14,15,16). The molecule has 19 heavy (non-hydrogen) atoms. The summed E-state index contributed by atoms with van der Waals surface area (Å²) in [4.78, 5) is 11.1. The monoisotopic (exact) mass is 284 g/mol. The lowest BCUT2D eigenvalue weighted by molar-refractivity contribution is 0.283. The number of unbranched alkanes of at least 4 members (excludes halogenated alkanes) is 2. The summed E-state index contributed by atoms with van der Waals surface area (Å²) in [5.41, 5.74) is 0. The third kappa shape index (κ3) is 5.65. The van der Waals surface area contributed by atoms with E-state index in [9.17, 15) is 0 Å². The summed E-state index contributed by atoms with van der Waals surface area (Å²) in [6.45, 7) is 4.12. The summed E-state index contributed by atoms with van der Waals surface area (Å²) >= 11 is 1.55. The zero-order chi connectivity index (χ0) is 14.1. The van der Waals surface area contributed by atoms with Crippen LogP contribution in [0.25, 0.3) is 0 Å². The third-order valence-electron chi connectivity index (χ3n) is 2.78. The summed E-state index contributed by atoms with van der Waals surface area (Å²) in [6, 6.07) is 1.98. The number of hydrogen-bond acceptors (Lipinski definition) is 6. The normalized spacial score (nSPS) is 10.5. The second-order valence-corrected chi connectivity index (χ2v) is 5.11. The van der Waals surface area contributed by atoms with E-state index in [1.165, 1.54) is 0 Å². The van der Waals surface area contributed by atoms with Crippen LogP contribution < -0.4 is 10.2 Å². The Labute approximate surface area is 119 Å². The van der Waals surface area contributed by atoms with Gasteiger partial charge in [0.25, 0.3) is 0 Å². The molecule has 1 heterocycles. The van der Waals surface area contributed by atoms with Crippen molar-refractivity contribution < 1.29 is 5.11 Å². The van der Waals surface area contributed by atoms with E-state index in [2.05, 4.69) is 27.1 Å². The van der Waals surface area contributed by atoms with Gasteiger partial charge in [-0.3, -0.25) is 0 Å². The molecule has 0 spiro atoms. The SMILES string of the molecule is CCNc1cc(N(C)CCCCCO)nc(SC)n1. The first-order chi connectivity index (χ1) is 9.21. The zero-order valence-corrected chi connectivity index (χ0v) is 12.8. The van der Waals surface area contributed by atoms with Crippen molar-refractivity contribution in [1.29, 1.82) is 0 Å². The van der Waals surface area contributed by atoms with Gasteiger partial charge < -0.3 is 15.3 Å². The van der Waals surface area contributed by atoms with Crippen molar-refractivity contribution >= 4 is 23.4 Å². The summed E-state index contributed by atoms with van der Waals surface area (Å²) in [7, 11) is 2.04. The fourth-order valence-corrected chi connectivity index (χ4v) is 2.10. The van der Waals surface area contributed by atoms with E-state index in [1.54, 1.807) is 11.8 Å². The van der Waals surface area contributed by atoms with Crippen LogP contribution in [0.3, 0.4) is 0 Å². The van der Waals surface area contributed by atoms with Crippen LogP contribution in [0.1, 0.15) is 26.2 Å². The molecule has 0 atom stereocenters. The number of rotatable bonds is 9. The van der Waals surface area contributed by atoms with Gasteiger partial charge in [0.1, 0.15) is 11.6 Å². The van der Waals surface area contributed by atoms with Crippen molar-refractivity contribution in [3.05, 3.63) is 6.07 Å². The van der Waals surface area contributed by atoms with Crippen molar-refractivity contribution in [3.8, 4) is 0 Å². The van der Waals surface area contributed by atoms with Gasteiger partial charge in [-0.25, -0.2) is 9.97 Å². The molecule has 0 saturated heterocycles. The van der Waals surface area contributed by atoms with Crippen LogP contribution >= 0.6 is 11.8 Å². The minimum atomic E-state index is 0.276. The Morgan fingerprint density at radius 3 is 2.74 bits per heavy atom. The molecule has 0 aliphatic rings. The quantitative estimate of drug-likeness (QED) is 0.412. The van der Waals surface area contributed by atoms with E-state index in [1.807, 2.05) is 19.4 Å². The average Bonchev–Trinajstić information content (AvgIpc) is 2.43. The topological polar surface area (TPSA) is 61.3 Å². The number of nitrogens with one attached hydrogen (secondary N) is 1. The maximum Gasteiger partial charge on any atom is 0.191 e. The fourth-order valence-electron chi connectivity index (χ4n) is 1.72. The molecule has 0 radical (unpaired) electrons. The molecule has 0 bridgehead atoms. The fraction of sp³-hybridized carbons (Fsp3) is 0.692. The lowest BCUT2D eigenvalue weighted by atomic mass is 10.2. The van der Waals surface area contributed by atoms with Crippen LogP contribution in [-0.2, 0) is 0 Å². The molecular weight excluding hydrogens is 260 g/mol. The van der Waals surface area contributed by atoms with Gasteiger partial charge in [0.15, 0.2) is 5.16 Å². The van der Waals surface area contributed by atoms with Crippen molar-refractivity contribution in [2.45, 2.75) is 31.3 Å². The van der Waals surface area contributed by atoms with Crippen molar-refractivity contribution in [2.75, 3.05) is 43.2 Å². The molecule has 1 aromatic heterocycles. The van der Waals surface area contributed by atoms with Crippen molar-refractivity contribution in [1.82, 2.24) is 9.97 Å². The first kappa shape index (κ1) is 16.0. The molecule has 5 nitrogen and oxygen atoms in total. The van der Waals surface area contributed by atoms with E-state index < -0.39 is 0 Å². The maximum absolute atomic E-state index is 8.77. The Kier molecular flexibility index (Phi) is 7.59. The molecule has 2 N–H and O–H groups in total. The average molecular weight is 284 g/mol. The summed E-state index contributed by atoms with van der Waals surface area (Å²) in [5, 5.41) is 12.8. The summed E-state index contributed by atoms with van der Waals surface area (Å²) < 4.78 is 0. The Morgan fingerprint density at radius 2 is 2.11 bits per heavy atom. The summed E-state index contributed by atoms with van der Waals surface area (Å²) in [6.07, 6.45) is 4.96. The highest BCUT2D eigenvalue weighted by molar-refractivity contribution is 7.98. The second kappa shape index (κ2) is 8.98. The van der Waals surface area contributed by atoms with Gasteiger partial charge in [-0.05, 0) is 32.4 Å². The minimum Gasteiger partial charge on any atom is -0.396 e. The Hall–Kier alpha value is -1.01. The van der Waals surface area contributed by atoms with Gasteiger partial charge >= 0.3 is 0 Å². The van der Waals surface area contributed by atoms with Gasteiger partial charge in [0.05, 0.1) is 0 Å². The number of aliphatic hydroxyl groups is 1. The van der Waals surface area contributed by atoms with Crippen LogP contribution in [0.2, 0.25) is 0 Å². The van der Waals surface area contributed by atoms with Gasteiger partial charge in [-0.2, -0.15) is 0 Å². The number of anilines is 2. The van der Waals surface area contributed by atoms with Crippen LogP contribution in [0.5, 0.6) is 0 Å². The number of aliphatic hydroxyl groups excluding tert-OH is 1. The number of thioether (sulfide) groups is 1. The summed E-state index contributed by atoms with van der Waals surface area (Å²) in [5.74, 6) is 1.82. The van der Waals surface area contributed by atoms with Crippen LogP contribution in [-0.4, -0.2) is 48.1 Å². The smallest absolute Gasteiger partial charge is 0.191 e. The number of aromatic nitrogens is 2. The molecule has 108 valence electrons. The predicted molar refractivity (Wildman–Crippen MR) is 82.2 cm³/mol. The third-order valence-corrected chi connectivity index (χ3v) is 3.32. The van der Waals surface area contributed by atoms with Crippen LogP contribution in [0.4, 0.5) is 11.6 Å². The predicted octanol–water partition coefficient (Wildman–Crippen LogP) is 2.23. The highest BCUT2D eigenvalue weighted by atomic mass is 32.2. The first-order valence-corrected chi connectivity index (χ1v) is 7.92. The molecule has 0 aliphatic carbocycles. The van der Waals surface area contributed by atoms with Crippen molar-refractivity contribution in [3.63, 3.8) is 0 Å². The first-order valence-electron chi connectivity index (χ1n) is 6.70. The molecule has 0 amide bonds. The largest absolute Gasteiger partial charge is 0.396 e. The lowest BCUT2D eigenvalue weighted by Gasteiger charge is -2.19. The molecule has 1 rings (SSSR count). The van der Waals surface area contributed by atoms with E-state index in [-0.39, 0.29) is 6.61 Å². The van der Waals surface area contributed by atoms with Gasteiger partial charge in [0, 0.05) is 32.8 Å². The van der Waals surface area contributed by atoms with Gasteiger partial charge in [0.2, 0.25) is 0 Å². The number of nitrogens with zero attached hydrogens (tertiary/aromatic N) is 3. The van der Waals surface area contributed by atoms with Crippen LogP contribution in [0, 0.1) is 0 Å². The zero-order valence-electron chi connectivity index (χ0n) is 12.0. The van der Waals surface area contributed by atoms with E-state index in [0.717, 1.165) is 49.1 Å². The molecule has 1 aromatic rings. The minimum absolute atomic E-state index is 0.276. The number of hydrogen-bond donors (Lipinski definition) is 2. The molecule has 0 saturated carbocycles. The Balaban J connectivity index is 2.66. The van der Waals surface area contributed by atoms with Crippen LogP contribution in [0.15, 0.2) is 11.2 Å². The van der Waals surface area contributed by atoms with E-state index in [4.69, 9.17) is 5.11 Å².